The highest BCUT2D eigenvalue weighted by atomic mass is 16.5. The Balaban J connectivity index is 1.61. The van der Waals surface area contributed by atoms with Gasteiger partial charge in [0.1, 0.15) is 0 Å². The van der Waals surface area contributed by atoms with Gasteiger partial charge in [0.2, 0.25) is 5.91 Å². The van der Waals surface area contributed by atoms with Gasteiger partial charge in [0.15, 0.2) is 0 Å². The highest BCUT2D eigenvalue weighted by Gasteiger charge is 2.25. The van der Waals surface area contributed by atoms with Crippen LogP contribution in [-0.4, -0.2) is 43.2 Å². The fourth-order valence-electron chi connectivity index (χ4n) is 3.33. The predicted octanol–water partition coefficient (Wildman–Crippen LogP) is 2.51. The minimum absolute atomic E-state index is 0.189. The molecular weight excluding hydrogens is 276 g/mol. The molecule has 2 saturated heterocycles. The smallest absolute Gasteiger partial charge is 0.222 e. The van der Waals surface area contributed by atoms with Gasteiger partial charge in [0.05, 0.1) is 6.10 Å². The van der Waals surface area contributed by atoms with Crippen LogP contribution in [0, 0.1) is 0 Å². The lowest BCUT2D eigenvalue weighted by molar-refractivity contribution is -0.128. The van der Waals surface area contributed by atoms with E-state index in [2.05, 4.69) is 29.6 Å². The fraction of sp³-hybridized carbons (Fsp3) is 0.611. The van der Waals surface area contributed by atoms with Crippen molar-refractivity contribution in [3.8, 4) is 0 Å². The number of carbonyl (C=O) groups is 1. The molecule has 4 heteroatoms. The van der Waals surface area contributed by atoms with Gasteiger partial charge in [-0.05, 0) is 31.2 Å². The summed E-state index contributed by atoms with van der Waals surface area (Å²) in [5.74, 6) is 0.289. The maximum absolute atomic E-state index is 11.9. The van der Waals surface area contributed by atoms with Crippen LogP contribution in [-0.2, 0) is 9.53 Å². The average molecular weight is 302 g/mol. The minimum atomic E-state index is 0.189. The molecule has 2 fully saturated rings. The molecule has 3 rings (SSSR count). The van der Waals surface area contributed by atoms with Crippen molar-refractivity contribution in [2.75, 3.05) is 26.2 Å². The lowest BCUT2D eigenvalue weighted by Gasteiger charge is -2.29. The molecule has 1 N–H and O–H groups in total. The van der Waals surface area contributed by atoms with Crippen molar-refractivity contribution >= 4 is 5.91 Å². The number of nitrogens with zero attached hydrogens (tertiary/aromatic N) is 1. The third kappa shape index (κ3) is 4.08. The van der Waals surface area contributed by atoms with Gasteiger partial charge in [-0.3, -0.25) is 4.79 Å². The second kappa shape index (κ2) is 7.75. The van der Waals surface area contributed by atoms with Crippen LogP contribution in [0.3, 0.4) is 0 Å². The summed E-state index contributed by atoms with van der Waals surface area (Å²) in [6.07, 6.45) is 5.58. The molecule has 1 aromatic rings. The maximum atomic E-state index is 11.9. The Labute approximate surface area is 132 Å². The molecule has 0 spiro atoms. The third-order valence-corrected chi connectivity index (χ3v) is 4.64. The molecule has 2 atom stereocenters. The Hall–Kier alpha value is -1.39. The van der Waals surface area contributed by atoms with Crippen LogP contribution in [0.15, 0.2) is 30.3 Å². The molecule has 1 aromatic carbocycles. The zero-order valence-corrected chi connectivity index (χ0v) is 13.2. The van der Waals surface area contributed by atoms with E-state index in [1.807, 2.05) is 11.0 Å². The largest absolute Gasteiger partial charge is 0.377 e. The minimum Gasteiger partial charge on any atom is -0.377 e. The molecule has 0 aromatic heterocycles. The number of benzene rings is 1. The molecule has 0 saturated carbocycles. The molecule has 2 heterocycles. The van der Waals surface area contributed by atoms with Crippen LogP contribution in [0.2, 0.25) is 0 Å². The van der Waals surface area contributed by atoms with E-state index in [1.54, 1.807) is 0 Å². The van der Waals surface area contributed by atoms with E-state index in [4.69, 9.17) is 4.74 Å². The molecule has 0 aliphatic carbocycles. The van der Waals surface area contributed by atoms with Gasteiger partial charge >= 0.3 is 0 Å². The Morgan fingerprint density at radius 2 is 2.09 bits per heavy atom. The number of nitrogens with one attached hydrogen (secondary N) is 1. The van der Waals surface area contributed by atoms with Gasteiger partial charge in [-0.1, -0.05) is 30.3 Å². The van der Waals surface area contributed by atoms with Crippen molar-refractivity contribution in [3.63, 3.8) is 0 Å². The first-order chi connectivity index (χ1) is 10.8. The molecule has 0 radical (unpaired) electrons. The van der Waals surface area contributed by atoms with Crippen molar-refractivity contribution in [1.82, 2.24) is 10.2 Å². The summed E-state index contributed by atoms with van der Waals surface area (Å²) in [4.78, 5) is 13.9. The summed E-state index contributed by atoms with van der Waals surface area (Å²) in [6, 6.07) is 10.6. The second-order valence-electron chi connectivity index (χ2n) is 6.30. The van der Waals surface area contributed by atoms with Crippen molar-refractivity contribution in [1.29, 1.82) is 0 Å². The van der Waals surface area contributed by atoms with Crippen molar-refractivity contribution in [2.24, 2.45) is 0 Å². The zero-order valence-electron chi connectivity index (χ0n) is 13.2. The monoisotopic (exact) mass is 302 g/mol. The normalized spacial score (nSPS) is 23.7. The van der Waals surface area contributed by atoms with Crippen molar-refractivity contribution < 1.29 is 9.53 Å². The van der Waals surface area contributed by atoms with Gasteiger partial charge in [0.25, 0.3) is 0 Å². The zero-order chi connectivity index (χ0) is 15.2. The Kier molecular flexibility index (Phi) is 5.46. The molecule has 22 heavy (non-hydrogen) atoms. The third-order valence-electron chi connectivity index (χ3n) is 4.64. The van der Waals surface area contributed by atoms with Crippen LogP contribution in [0.5, 0.6) is 0 Å². The lowest BCUT2D eigenvalue weighted by atomic mass is 10.0. The molecule has 2 aliphatic rings. The van der Waals surface area contributed by atoms with Crippen molar-refractivity contribution in [3.05, 3.63) is 35.9 Å². The highest BCUT2D eigenvalue weighted by Crippen LogP contribution is 2.19. The first-order valence-corrected chi connectivity index (χ1v) is 8.50. The molecule has 0 unspecified atom stereocenters. The van der Waals surface area contributed by atoms with E-state index < -0.39 is 0 Å². The standard InChI is InChI=1S/C18H26N2O2/c21-18-10-6-11-20(18)14-17(15-7-2-1-3-8-15)19-13-16-9-4-5-12-22-16/h1-3,7-8,16-17,19H,4-6,9-14H2/t16-,17+/m0/s1. The second-order valence-corrected chi connectivity index (χ2v) is 6.30. The average Bonchev–Trinajstić information content (AvgIpc) is 2.98. The fourth-order valence-corrected chi connectivity index (χ4v) is 3.33. The molecule has 2 aliphatic heterocycles. The van der Waals surface area contributed by atoms with Gasteiger partial charge in [-0.2, -0.15) is 0 Å². The Bertz CT molecular complexity index is 471. The van der Waals surface area contributed by atoms with Crippen molar-refractivity contribution in [2.45, 2.75) is 44.2 Å². The number of hydrogen-bond acceptors (Lipinski definition) is 3. The predicted molar refractivity (Wildman–Crippen MR) is 86.6 cm³/mol. The van der Waals surface area contributed by atoms with Gasteiger partial charge < -0.3 is 15.0 Å². The van der Waals surface area contributed by atoms with Crippen LogP contribution < -0.4 is 5.32 Å². The van der Waals surface area contributed by atoms with E-state index in [-0.39, 0.29) is 11.9 Å². The topological polar surface area (TPSA) is 41.6 Å². The van der Waals surface area contributed by atoms with E-state index in [0.29, 0.717) is 12.5 Å². The molecule has 0 bridgehead atoms. The van der Waals surface area contributed by atoms with E-state index in [1.165, 1.54) is 18.4 Å². The van der Waals surface area contributed by atoms with Crippen LogP contribution in [0.25, 0.3) is 0 Å². The Morgan fingerprint density at radius 1 is 1.23 bits per heavy atom. The number of hydrogen-bond donors (Lipinski definition) is 1. The molecule has 4 nitrogen and oxygen atoms in total. The quantitative estimate of drug-likeness (QED) is 0.878. The number of amides is 1. The first kappa shape index (κ1) is 15.5. The van der Waals surface area contributed by atoms with Gasteiger partial charge in [-0.25, -0.2) is 0 Å². The van der Waals surface area contributed by atoms with Crippen LogP contribution in [0.4, 0.5) is 0 Å². The van der Waals surface area contributed by atoms with Crippen LogP contribution in [0.1, 0.15) is 43.7 Å². The number of ether oxygens (including phenoxy) is 1. The molecular formula is C18H26N2O2. The van der Waals surface area contributed by atoms with E-state index in [9.17, 15) is 4.79 Å². The number of likely N-dealkylation sites (tertiary alicyclic amines) is 1. The summed E-state index contributed by atoms with van der Waals surface area (Å²) in [7, 11) is 0. The lowest BCUT2D eigenvalue weighted by Crippen LogP contribution is -2.40. The summed E-state index contributed by atoms with van der Waals surface area (Å²) < 4.78 is 5.81. The van der Waals surface area contributed by atoms with Crippen LogP contribution >= 0.6 is 0 Å². The number of carbonyl (C=O) groups excluding carboxylic acids is 1. The summed E-state index contributed by atoms with van der Waals surface area (Å²) >= 11 is 0. The highest BCUT2D eigenvalue weighted by molar-refractivity contribution is 5.78. The molecule has 1 amide bonds. The van der Waals surface area contributed by atoms with E-state index in [0.717, 1.165) is 39.1 Å². The Morgan fingerprint density at radius 3 is 2.77 bits per heavy atom. The maximum Gasteiger partial charge on any atom is 0.222 e. The SMILES string of the molecule is O=C1CCCN1C[C@@H](NC[C@@H]1CCCCO1)c1ccccc1. The van der Waals surface area contributed by atoms with Gasteiger partial charge in [0, 0.05) is 38.7 Å². The molecule has 120 valence electrons. The van der Waals surface area contributed by atoms with E-state index >= 15 is 0 Å². The number of rotatable bonds is 6. The summed E-state index contributed by atoms with van der Waals surface area (Å²) in [6.45, 7) is 3.40. The summed E-state index contributed by atoms with van der Waals surface area (Å²) in [5.41, 5.74) is 1.25. The first-order valence-electron chi connectivity index (χ1n) is 8.50. The van der Waals surface area contributed by atoms with Gasteiger partial charge in [-0.15, -0.1) is 0 Å². The summed E-state index contributed by atoms with van der Waals surface area (Å²) in [5, 5.41) is 3.63.